The Balaban J connectivity index is 0.000000307. The van der Waals surface area contributed by atoms with Crippen molar-refractivity contribution in [2.45, 2.75) is 59.4 Å². The van der Waals surface area contributed by atoms with Crippen LogP contribution in [0.3, 0.4) is 0 Å². The number of carbonyl (C=O) groups is 2. The molecule has 2 aromatic rings. The van der Waals surface area contributed by atoms with E-state index in [1.54, 1.807) is 20.8 Å². The first kappa shape index (κ1) is 22.6. The average Bonchev–Trinajstić information content (AvgIpc) is 3.12. The van der Waals surface area contributed by atoms with E-state index in [-0.39, 0.29) is 11.4 Å². The van der Waals surface area contributed by atoms with Gasteiger partial charge in [-0.05, 0) is 49.9 Å². The van der Waals surface area contributed by atoms with Gasteiger partial charge in [0, 0.05) is 34.4 Å². The van der Waals surface area contributed by atoms with Crippen molar-refractivity contribution in [1.29, 1.82) is 0 Å². The molecule has 4 heterocycles. The summed E-state index contributed by atoms with van der Waals surface area (Å²) in [5.74, 6) is -1.23. The van der Waals surface area contributed by atoms with Crippen molar-refractivity contribution in [2.75, 3.05) is 20.2 Å². The number of nitrogens with zero attached hydrogens (tertiary/aromatic N) is 2. The van der Waals surface area contributed by atoms with Crippen LogP contribution in [0.2, 0.25) is 0 Å². The Morgan fingerprint density at radius 1 is 1.22 bits per heavy atom. The molecule has 0 spiro atoms. The Labute approximate surface area is 189 Å². The second kappa shape index (κ2) is 8.07. The molecule has 2 atom stereocenters. The third kappa shape index (κ3) is 3.45. The summed E-state index contributed by atoms with van der Waals surface area (Å²) in [6, 6.07) is 8.89. The fourth-order valence-corrected chi connectivity index (χ4v) is 5.53. The van der Waals surface area contributed by atoms with Crippen LogP contribution in [0, 0.1) is 10.8 Å². The van der Waals surface area contributed by atoms with E-state index in [2.05, 4.69) is 46.7 Å². The van der Waals surface area contributed by atoms with Gasteiger partial charge in [0.2, 0.25) is 0 Å². The Morgan fingerprint density at radius 3 is 2.53 bits per heavy atom. The summed E-state index contributed by atoms with van der Waals surface area (Å²) in [6.07, 6.45) is 6.70. The molecule has 0 aliphatic carbocycles. The zero-order valence-electron chi connectivity index (χ0n) is 19.7. The third-order valence-corrected chi connectivity index (χ3v) is 7.26. The molecule has 1 fully saturated rings. The van der Waals surface area contributed by atoms with Crippen LogP contribution in [0.15, 0.2) is 30.3 Å². The monoisotopic (exact) mass is 437 g/mol. The summed E-state index contributed by atoms with van der Waals surface area (Å²) < 4.78 is 7.38. The number of benzene rings is 1. The van der Waals surface area contributed by atoms with Crippen molar-refractivity contribution in [3.63, 3.8) is 0 Å². The number of esters is 1. The van der Waals surface area contributed by atoms with E-state index in [0.717, 1.165) is 37.9 Å². The van der Waals surface area contributed by atoms with E-state index in [9.17, 15) is 14.7 Å². The molecule has 1 aromatic heterocycles. The third-order valence-electron chi connectivity index (χ3n) is 7.26. The molecule has 3 aliphatic heterocycles. The number of carboxylic acid groups (broad SMARTS) is 1. The highest BCUT2D eigenvalue weighted by atomic mass is 16.5. The summed E-state index contributed by atoms with van der Waals surface area (Å²) in [6.45, 7) is 9.35. The highest BCUT2D eigenvalue weighted by molar-refractivity contribution is 6.13. The van der Waals surface area contributed by atoms with Crippen molar-refractivity contribution >= 4 is 28.5 Å². The van der Waals surface area contributed by atoms with Gasteiger partial charge in [-0.3, -0.25) is 4.90 Å². The van der Waals surface area contributed by atoms with Crippen LogP contribution in [-0.2, 0) is 20.7 Å². The highest BCUT2D eigenvalue weighted by Crippen LogP contribution is 2.57. The first-order valence-electron chi connectivity index (χ1n) is 11.5. The van der Waals surface area contributed by atoms with Crippen molar-refractivity contribution < 1.29 is 19.4 Å². The number of rotatable bonds is 2. The molecule has 0 bridgehead atoms. The SMILES string of the molecule is CC(C)(C)C(=O)[O-].CC[C@@]12C=C(C(=O)OC)n3c4c(c5ccccc53)CCN(CCC1)[C@H]42. The number of carboxylic acids is 1. The number of fused-ring (bicyclic) bond motifs is 3. The molecule has 172 valence electrons. The van der Waals surface area contributed by atoms with Crippen LogP contribution in [0.4, 0.5) is 0 Å². The standard InChI is InChI=1S/C21H24N2O2.C5H10O2/c1-3-21-10-6-11-22-12-9-15-14-7-4-5-8-16(14)23(18(15)19(21)22)17(13-21)20(24)25-2;1-5(2,3)4(6)7/h4-5,7-8,13,19H,3,6,9-12H2,1-2H3;1-3H3,(H,6,7)/p-1/t19-,21+;/m1./s1. The number of carbonyl (C=O) groups excluding carboxylic acids is 2. The molecule has 6 heteroatoms. The average molecular weight is 438 g/mol. The van der Waals surface area contributed by atoms with Crippen molar-refractivity contribution in [3.05, 3.63) is 41.6 Å². The van der Waals surface area contributed by atoms with Crippen LogP contribution in [0.1, 0.15) is 64.3 Å². The fraction of sp³-hybridized carbons (Fsp3) is 0.538. The molecule has 0 amide bonds. The Morgan fingerprint density at radius 2 is 1.91 bits per heavy atom. The van der Waals surface area contributed by atoms with Crippen LogP contribution >= 0.6 is 0 Å². The summed E-state index contributed by atoms with van der Waals surface area (Å²) in [7, 11) is 1.49. The second-order valence-electron chi connectivity index (χ2n) is 10.2. The van der Waals surface area contributed by atoms with Gasteiger partial charge < -0.3 is 19.2 Å². The van der Waals surface area contributed by atoms with E-state index in [1.165, 1.54) is 30.2 Å². The van der Waals surface area contributed by atoms with Crippen LogP contribution in [0.25, 0.3) is 16.6 Å². The zero-order chi connectivity index (χ0) is 23.3. The van der Waals surface area contributed by atoms with Gasteiger partial charge in [-0.2, -0.15) is 0 Å². The lowest BCUT2D eigenvalue weighted by Gasteiger charge is -2.53. The number of hydrogen-bond donors (Lipinski definition) is 0. The number of aliphatic carboxylic acids is 1. The number of ether oxygens (including phenoxy) is 1. The van der Waals surface area contributed by atoms with Gasteiger partial charge in [-0.1, -0.05) is 45.9 Å². The lowest BCUT2D eigenvalue weighted by molar-refractivity contribution is -0.316. The first-order chi connectivity index (χ1) is 15.1. The number of para-hydroxylation sites is 1. The molecule has 1 aromatic carbocycles. The van der Waals surface area contributed by atoms with Gasteiger partial charge in [0.25, 0.3) is 0 Å². The Hall–Kier alpha value is -2.60. The highest BCUT2D eigenvalue weighted by Gasteiger charge is 2.51. The largest absolute Gasteiger partial charge is 0.550 e. The molecular formula is C26H33N2O4-. The molecule has 0 radical (unpaired) electrons. The predicted molar refractivity (Wildman–Crippen MR) is 123 cm³/mol. The number of methoxy groups -OCH3 is 1. The summed E-state index contributed by atoms with van der Waals surface area (Å²) in [4.78, 5) is 25.2. The molecule has 0 saturated carbocycles. The molecule has 3 aliphatic rings. The smallest absolute Gasteiger partial charge is 0.354 e. The minimum absolute atomic E-state index is 0.0430. The lowest BCUT2D eigenvalue weighted by atomic mass is 9.66. The maximum atomic E-state index is 12.7. The van der Waals surface area contributed by atoms with Gasteiger partial charge in [0.05, 0.1) is 18.7 Å². The molecule has 6 nitrogen and oxygen atoms in total. The quantitative estimate of drug-likeness (QED) is 0.672. The van der Waals surface area contributed by atoms with Gasteiger partial charge in [-0.25, -0.2) is 4.79 Å². The molecule has 0 unspecified atom stereocenters. The number of hydrogen-bond acceptors (Lipinski definition) is 5. The summed E-state index contributed by atoms with van der Waals surface area (Å²) in [5, 5.41) is 11.2. The van der Waals surface area contributed by atoms with E-state index >= 15 is 0 Å². The van der Waals surface area contributed by atoms with Crippen LogP contribution in [-0.4, -0.2) is 41.6 Å². The molecular weight excluding hydrogens is 404 g/mol. The van der Waals surface area contributed by atoms with E-state index < -0.39 is 11.4 Å². The maximum Gasteiger partial charge on any atom is 0.354 e. The van der Waals surface area contributed by atoms with Crippen LogP contribution in [0.5, 0.6) is 0 Å². The zero-order valence-corrected chi connectivity index (χ0v) is 19.7. The van der Waals surface area contributed by atoms with Gasteiger partial charge >= 0.3 is 5.97 Å². The minimum Gasteiger partial charge on any atom is -0.550 e. The number of aromatic nitrogens is 1. The fourth-order valence-electron chi connectivity index (χ4n) is 5.53. The Kier molecular flexibility index (Phi) is 5.70. The maximum absolute atomic E-state index is 12.7. The van der Waals surface area contributed by atoms with E-state index in [0.29, 0.717) is 11.7 Å². The molecule has 5 rings (SSSR count). The second-order valence-corrected chi connectivity index (χ2v) is 10.2. The molecule has 32 heavy (non-hydrogen) atoms. The minimum atomic E-state index is -1.01. The summed E-state index contributed by atoms with van der Waals surface area (Å²) >= 11 is 0. The first-order valence-corrected chi connectivity index (χ1v) is 11.5. The van der Waals surface area contributed by atoms with Gasteiger partial charge in [0.1, 0.15) is 5.70 Å². The summed E-state index contributed by atoms with van der Waals surface area (Å²) in [5.41, 5.74) is 3.98. The Bertz CT molecular complexity index is 1090. The molecule has 1 saturated heterocycles. The lowest BCUT2D eigenvalue weighted by Crippen LogP contribution is -2.51. The van der Waals surface area contributed by atoms with Crippen molar-refractivity contribution in [2.24, 2.45) is 10.8 Å². The van der Waals surface area contributed by atoms with Gasteiger partial charge in [-0.15, -0.1) is 0 Å². The van der Waals surface area contributed by atoms with Gasteiger partial charge in [0.15, 0.2) is 0 Å². The van der Waals surface area contributed by atoms with Crippen molar-refractivity contribution in [1.82, 2.24) is 9.47 Å². The van der Waals surface area contributed by atoms with Crippen LogP contribution < -0.4 is 5.11 Å². The molecule has 0 N–H and O–H groups in total. The topological polar surface area (TPSA) is 74.6 Å². The van der Waals surface area contributed by atoms with E-state index in [4.69, 9.17) is 4.74 Å². The predicted octanol–water partition coefficient (Wildman–Crippen LogP) is 3.54. The van der Waals surface area contributed by atoms with Crippen molar-refractivity contribution in [3.8, 4) is 0 Å². The number of piperidine rings is 1. The van der Waals surface area contributed by atoms with E-state index in [1.807, 2.05) is 0 Å². The normalized spacial score (nSPS) is 24.2.